The molecule has 2 aliphatic heterocycles. The molecule has 1 saturated carbocycles. The number of rotatable bonds is 1. The Morgan fingerprint density at radius 2 is 1.71 bits per heavy atom. The van der Waals surface area contributed by atoms with Gasteiger partial charge >= 0.3 is 7.12 Å². The van der Waals surface area contributed by atoms with Gasteiger partial charge in [0.15, 0.2) is 0 Å². The van der Waals surface area contributed by atoms with Crippen molar-refractivity contribution in [3.8, 4) is 5.75 Å². The number of benzene rings is 1. The summed E-state index contributed by atoms with van der Waals surface area (Å²) >= 11 is 0. The van der Waals surface area contributed by atoms with Crippen LogP contribution < -0.4 is 15.5 Å². The molecule has 4 nitrogen and oxygen atoms in total. The monoisotopic (exact) mass is 287 g/mol. The van der Waals surface area contributed by atoms with E-state index >= 15 is 0 Å². The fourth-order valence-electron chi connectivity index (χ4n) is 2.84. The van der Waals surface area contributed by atoms with E-state index in [4.69, 9.17) is 14.0 Å². The topological polar surface area (TPSA) is 39.7 Å². The maximum Gasteiger partial charge on any atom is 0.494 e. The number of hydrogen-bond donors (Lipinski definition) is 1. The van der Waals surface area contributed by atoms with Crippen LogP contribution in [0.1, 0.15) is 40.5 Å². The summed E-state index contributed by atoms with van der Waals surface area (Å²) in [5, 5.41) is 3.46. The van der Waals surface area contributed by atoms with Crippen molar-refractivity contribution in [3.05, 3.63) is 18.2 Å². The van der Waals surface area contributed by atoms with Crippen LogP contribution in [0, 0.1) is 0 Å². The predicted molar refractivity (Wildman–Crippen MR) is 83.2 cm³/mol. The van der Waals surface area contributed by atoms with Gasteiger partial charge in [-0.25, -0.2) is 0 Å². The highest BCUT2D eigenvalue weighted by Gasteiger charge is 2.52. The SMILES string of the molecule is CC1(C)OB(c2ccc3c(c2)OC2(CC2)CN3)OC1(C)C. The molecule has 1 spiro atoms. The van der Waals surface area contributed by atoms with Crippen molar-refractivity contribution in [2.75, 3.05) is 11.9 Å². The fourth-order valence-corrected chi connectivity index (χ4v) is 2.84. The summed E-state index contributed by atoms with van der Waals surface area (Å²) in [4.78, 5) is 0. The Bertz CT molecular complexity index is 579. The third-order valence-electron chi connectivity index (χ3n) is 5.27. The lowest BCUT2D eigenvalue weighted by atomic mass is 9.79. The van der Waals surface area contributed by atoms with E-state index in [1.165, 1.54) is 0 Å². The van der Waals surface area contributed by atoms with Gasteiger partial charge < -0.3 is 19.4 Å². The average molecular weight is 287 g/mol. The molecule has 0 atom stereocenters. The molecular weight excluding hydrogens is 265 g/mol. The first-order valence-electron chi connectivity index (χ1n) is 7.73. The van der Waals surface area contributed by atoms with Crippen molar-refractivity contribution in [1.82, 2.24) is 0 Å². The van der Waals surface area contributed by atoms with Crippen molar-refractivity contribution in [2.45, 2.75) is 57.3 Å². The lowest BCUT2D eigenvalue weighted by Gasteiger charge is -2.32. The first kappa shape index (κ1) is 13.5. The van der Waals surface area contributed by atoms with Gasteiger partial charge in [-0.2, -0.15) is 0 Å². The molecule has 3 aliphatic rings. The molecule has 0 amide bonds. The smallest absolute Gasteiger partial charge is 0.483 e. The maximum atomic E-state index is 6.16. The van der Waals surface area contributed by atoms with E-state index in [2.05, 4.69) is 51.2 Å². The lowest BCUT2D eigenvalue weighted by Crippen LogP contribution is -2.41. The molecule has 1 N–H and O–H groups in total. The third-order valence-corrected chi connectivity index (χ3v) is 5.27. The number of anilines is 1. The van der Waals surface area contributed by atoms with Crippen LogP contribution in [0.4, 0.5) is 5.69 Å². The lowest BCUT2D eigenvalue weighted by molar-refractivity contribution is 0.00578. The number of fused-ring (bicyclic) bond motifs is 1. The van der Waals surface area contributed by atoms with Crippen LogP contribution in [0.2, 0.25) is 0 Å². The largest absolute Gasteiger partial charge is 0.494 e. The zero-order valence-corrected chi connectivity index (χ0v) is 13.2. The van der Waals surface area contributed by atoms with Gasteiger partial charge in [-0.1, -0.05) is 6.07 Å². The minimum Gasteiger partial charge on any atom is -0.483 e. The molecule has 2 heterocycles. The normalized spacial score (nSPS) is 27.0. The van der Waals surface area contributed by atoms with Gasteiger partial charge in [0.1, 0.15) is 11.4 Å². The summed E-state index contributed by atoms with van der Waals surface area (Å²) in [6.45, 7) is 9.20. The third kappa shape index (κ3) is 2.06. The van der Waals surface area contributed by atoms with E-state index in [0.29, 0.717) is 0 Å². The van der Waals surface area contributed by atoms with E-state index in [-0.39, 0.29) is 23.9 Å². The Morgan fingerprint density at radius 3 is 2.33 bits per heavy atom. The second kappa shape index (κ2) is 3.96. The number of hydrogen-bond acceptors (Lipinski definition) is 4. The minimum absolute atomic E-state index is 0.0432. The Kier molecular flexibility index (Phi) is 2.54. The zero-order chi connectivity index (χ0) is 14.9. The van der Waals surface area contributed by atoms with Gasteiger partial charge in [-0.3, -0.25) is 0 Å². The average Bonchev–Trinajstić information content (AvgIpc) is 3.10. The van der Waals surface area contributed by atoms with Crippen LogP contribution in [-0.2, 0) is 9.31 Å². The molecule has 5 heteroatoms. The highest BCUT2D eigenvalue weighted by atomic mass is 16.7. The standard InChI is InChI=1S/C16H22BNO3/c1-14(2)15(3,4)21-17(20-14)11-5-6-12-13(9-11)19-16(7-8-16)10-18-12/h5-6,9,18H,7-8,10H2,1-4H3. The molecular formula is C16H22BNO3. The molecule has 112 valence electrons. The second-order valence-corrected chi connectivity index (χ2v) is 7.48. The summed E-state index contributed by atoms with van der Waals surface area (Å²) in [5.41, 5.74) is 1.50. The predicted octanol–water partition coefficient (Wildman–Crippen LogP) is 2.32. The van der Waals surface area contributed by atoms with E-state index in [1.54, 1.807) is 0 Å². The second-order valence-electron chi connectivity index (χ2n) is 7.48. The van der Waals surface area contributed by atoms with Gasteiger partial charge in [0.25, 0.3) is 0 Å². The number of nitrogens with one attached hydrogen (secondary N) is 1. The highest BCUT2D eigenvalue weighted by Crippen LogP contribution is 2.45. The van der Waals surface area contributed by atoms with Crippen LogP contribution in [0.15, 0.2) is 18.2 Å². The molecule has 0 unspecified atom stereocenters. The fraction of sp³-hybridized carbons (Fsp3) is 0.625. The van der Waals surface area contributed by atoms with Crippen LogP contribution in [-0.4, -0.2) is 30.5 Å². The minimum atomic E-state index is -0.332. The Hall–Kier alpha value is -1.20. The van der Waals surface area contributed by atoms with Crippen molar-refractivity contribution >= 4 is 18.3 Å². The van der Waals surface area contributed by atoms with Crippen molar-refractivity contribution in [3.63, 3.8) is 0 Å². The molecule has 1 aromatic rings. The van der Waals surface area contributed by atoms with Crippen molar-refractivity contribution in [2.24, 2.45) is 0 Å². The van der Waals surface area contributed by atoms with Gasteiger partial charge in [-0.15, -0.1) is 0 Å². The van der Waals surface area contributed by atoms with E-state index < -0.39 is 0 Å². The summed E-state index contributed by atoms with van der Waals surface area (Å²) < 4.78 is 18.4. The van der Waals surface area contributed by atoms with Gasteiger partial charge in [0.2, 0.25) is 0 Å². The van der Waals surface area contributed by atoms with Crippen molar-refractivity contribution in [1.29, 1.82) is 0 Å². The van der Waals surface area contributed by atoms with Gasteiger partial charge in [0, 0.05) is 0 Å². The molecule has 1 aromatic carbocycles. The van der Waals surface area contributed by atoms with Gasteiger partial charge in [-0.05, 0) is 58.1 Å². The summed E-state index contributed by atoms with van der Waals surface area (Å²) in [6.07, 6.45) is 2.28. The summed E-state index contributed by atoms with van der Waals surface area (Å²) in [6, 6.07) is 6.18. The quantitative estimate of drug-likeness (QED) is 0.805. The van der Waals surface area contributed by atoms with Crippen LogP contribution in [0.3, 0.4) is 0 Å². The molecule has 21 heavy (non-hydrogen) atoms. The molecule has 0 bridgehead atoms. The van der Waals surface area contributed by atoms with E-state index in [9.17, 15) is 0 Å². The Morgan fingerprint density at radius 1 is 1.05 bits per heavy atom. The first-order chi connectivity index (χ1) is 9.80. The molecule has 0 radical (unpaired) electrons. The van der Waals surface area contributed by atoms with Crippen molar-refractivity contribution < 1.29 is 14.0 Å². The maximum absolute atomic E-state index is 6.16. The van der Waals surface area contributed by atoms with Crippen LogP contribution in [0.25, 0.3) is 0 Å². The van der Waals surface area contributed by atoms with E-state index in [0.717, 1.165) is 36.3 Å². The molecule has 1 saturated heterocycles. The van der Waals surface area contributed by atoms with Crippen LogP contribution >= 0.6 is 0 Å². The highest BCUT2D eigenvalue weighted by molar-refractivity contribution is 6.62. The first-order valence-corrected chi connectivity index (χ1v) is 7.73. The van der Waals surface area contributed by atoms with E-state index in [1.807, 2.05) is 0 Å². The molecule has 0 aromatic heterocycles. The summed E-state index contributed by atoms with van der Waals surface area (Å²) in [5.74, 6) is 0.922. The van der Waals surface area contributed by atoms with Crippen LogP contribution in [0.5, 0.6) is 5.75 Å². The molecule has 1 aliphatic carbocycles. The zero-order valence-electron chi connectivity index (χ0n) is 13.2. The molecule has 2 fully saturated rings. The van der Waals surface area contributed by atoms with Gasteiger partial charge in [0.05, 0.1) is 23.4 Å². The Labute approximate surface area is 126 Å². The number of ether oxygens (including phenoxy) is 1. The summed E-state index contributed by atoms with van der Waals surface area (Å²) in [7, 11) is -0.332. The molecule has 4 rings (SSSR count). The Balaban J connectivity index is 1.62.